The highest BCUT2D eigenvalue weighted by atomic mass is 127. The normalized spacial score (nSPS) is 12.6. The summed E-state index contributed by atoms with van der Waals surface area (Å²) in [6.45, 7) is 7.73. The Morgan fingerprint density at radius 3 is 2.35 bits per heavy atom. The van der Waals surface area contributed by atoms with E-state index in [2.05, 4.69) is 34.2 Å². The number of carbonyl (C=O) groups is 1. The van der Waals surface area contributed by atoms with Crippen LogP contribution < -0.4 is 10.6 Å². The highest BCUT2D eigenvalue weighted by Gasteiger charge is 2.12. The fraction of sp³-hybridized carbons (Fsp3) is 0.857. The second-order valence-corrected chi connectivity index (χ2v) is 5.19. The number of ether oxygens (including phenoxy) is 1. The van der Waals surface area contributed by atoms with Crippen molar-refractivity contribution >= 4 is 35.9 Å². The molecule has 0 aliphatic heterocycles. The minimum absolute atomic E-state index is 0. The van der Waals surface area contributed by atoms with Crippen LogP contribution in [0.5, 0.6) is 0 Å². The number of nitrogens with zero attached hydrogens (tertiary/aromatic N) is 1. The summed E-state index contributed by atoms with van der Waals surface area (Å²) in [4.78, 5) is 15.4. The standard InChI is InChI=1S/C14H29N3O2.HI/c1-11(2)8-6-7-9-16-14(15-4)17-10-12(3)13(18)19-5;/h11-12H,6-10H2,1-5H3,(H2,15,16,17);1H. The van der Waals surface area contributed by atoms with Crippen molar-refractivity contribution in [1.29, 1.82) is 0 Å². The lowest BCUT2D eigenvalue weighted by atomic mass is 10.1. The van der Waals surface area contributed by atoms with Gasteiger partial charge in [0, 0.05) is 20.1 Å². The van der Waals surface area contributed by atoms with Gasteiger partial charge in [0.25, 0.3) is 0 Å². The average molecular weight is 399 g/mol. The van der Waals surface area contributed by atoms with Gasteiger partial charge in [0.2, 0.25) is 0 Å². The summed E-state index contributed by atoms with van der Waals surface area (Å²) in [5, 5.41) is 6.36. The number of methoxy groups -OCH3 is 1. The zero-order valence-corrected chi connectivity index (χ0v) is 15.7. The van der Waals surface area contributed by atoms with E-state index in [9.17, 15) is 4.79 Å². The molecule has 0 bridgehead atoms. The van der Waals surface area contributed by atoms with Crippen molar-refractivity contribution in [3.63, 3.8) is 0 Å². The molecule has 0 aromatic heterocycles. The van der Waals surface area contributed by atoms with Gasteiger partial charge in [-0.2, -0.15) is 0 Å². The van der Waals surface area contributed by atoms with E-state index in [0.29, 0.717) is 6.54 Å². The Morgan fingerprint density at radius 2 is 1.85 bits per heavy atom. The van der Waals surface area contributed by atoms with Crippen molar-refractivity contribution < 1.29 is 9.53 Å². The van der Waals surface area contributed by atoms with E-state index in [-0.39, 0.29) is 35.9 Å². The molecular weight excluding hydrogens is 369 g/mol. The fourth-order valence-corrected chi connectivity index (χ4v) is 1.64. The summed E-state index contributed by atoms with van der Waals surface area (Å²) in [5.41, 5.74) is 0. The van der Waals surface area contributed by atoms with Crippen molar-refractivity contribution in [2.24, 2.45) is 16.8 Å². The Bertz CT molecular complexity index is 284. The zero-order valence-electron chi connectivity index (χ0n) is 13.4. The van der Waals surface area contributed by atoms with Crippen LogP contribution >= 0.6 is 24.0 Å². The molecule has 0 aromatic carbocycles. The Labute approximate surface area is 140 Å². The molecule has 120 valence electrons. The first-order valence-electron chi connectivity index (χ1n) is 7.03. The minimum Gasteiger partial charge on any atom is -0.469 e. The maximum Gasteiger partial charge on any atom is 0.310 e. The van der Waals surface area contributed by atoms with Gasteiger partial charge in [-0.1, -0.05) is 33.6 Å². The van der Waals surface area contributed by atoms with E-state index in [1.807, 2.05) is 6.92 Å². The third-order valence-electron chi connectivity index (χ3n) is 2.90. The molecule has 0 spiro atoms. The number of rotatable bonds is 8. The molecule has 5 nitrogen and oxygen atoms in total. The molecule has 0 amide bonds. The molecule has 1 unspecified atom stereocenters. The lowest BCUT2D eigenvalue weighted by molar-refractivity contribution is -0.144. The molecule has 0 heterocycles. The van der Waals surface area contributed by atoms with Gasteiger partial charge in [0.15, 0.2) is 5.96 Å². The van der Waals surface area contributed by atoms with Crippen molar-refractivity contribution in [3.8, 4) is 0 Å². The topological polar surface area (TPSA) is 62.7 Å². The first-order chi connectivity index (χ1) is 9.01. The molecule has 0 aromatic rings. The Morgan fingerprint density at radius 1 is 1.20 bits per heavy atom. The second-order valence-electron chi connectivity index (χ2n) is 5.19. The Kier molecular flexibility index (Phi) is 14.6. The summed E-state index contributed by atoms with van der Waals surface area (Å²) in [6, 6.07) is 0. The molecular formula is C14H30IN3O2. The number of carbonyl (C=O) groups excluding carboxylic acids is 1. The molecule has 1 atom stereocenters. The smallest absolute Gasteiger partial charge is 0.310 e. The van der Waals surface area contributed by atoms with Gasteiger partial charge in [0.1, 0.15) is 0 Å². The maximum atomic E-state index is 11.3. The average Bonchev–Trinajstić information content (AvgIpc) is 2.40. The highest BCUT2D eigenvalue weighted by Crippen LogP contribution is 2.04. The van der Waals surface area contributed by atoms with Crippen molar-refractivity contribution in [2.45, 2.75) is 40.0 Å². The van der Waals surface area contributed by atoms with Gasteiger partial charge in [-0.15, -0.1) is 24.0 Å². The predicted molar refractivity (Wildman–Crippen MR) is 94.6 cm³/mol. The van der Waals surface area contributed by atoms with E-state index in [1.165, 1.54) is 20.0 Å². The van der Waals surface area contributed by atoms with E-state index in [0.717, 1.165) is 24.8 Å². The number of hydrogen-bond donors (Lipinski definition) is 2. The van der Waals surface area contributed by atoms with Gasteiger partial charge in [-0.25, -0.2) is 0 Å². The quantitative estimate of drug-likeness (QED) is 0.216. The number of halogens is 1. The van der Waals surface area contributed by atoms with Gasteiger partial charge in [-0.3, -0.25) is 9.79 Å². The maximum absolute atomic E-state index is 11.3. The van der Waals surface area contributed by atoms with Crippen LogP contribution in [-0.4, -0.2) is 39.2 Å². The van der Waals surface area contributed by atoms with Crippen molar-refractivity contribution in [1.82, 2.24) is 10.6 Å². The van der Waals surface area contributed by atoms with Gasteiger partial charge < -0.3 is 15.4 Å². The molecule has 0 saturated carbocycles. The molecule has 0 saturated heterocycles. The molecule has 0 aliphatic carbocycles. The van der Waals surface area contributed by atoms with E-state index < -0.39 is 0 Å². The summed E-state index contributed by atoms with van der Waals surface area (Å²) < 4.78 is 4.67. The van der Waals surface area contributed by atoms with Crippen molar-refractivity contribution in [2.75, 3.05) is 27.2 Å². The van der Waals surface area contributed by atoms with Crippen LogP contribution in [0, 0.1) is 11.8 Å². The molecule has 0 aliphatic rings. The monoisotopic (exact) mass is 399 g/mol. The summed E-state index contributed by atoms with van der Waals surface area (Å²) in [7, 11) is 3.13. The predicted octanol–water partition coefficient (Wildman–Crippen LogP) is 2.40. The molecule has 0 fully saturated rings. The van der Waals surface area contributed by atoms with Crippen LogP contribution in [0.25, 0.3) is 0 Å². The lowest BCUT2D eigenvalue weighted by Crippen LogP contribution is -2.41. The highest BCUT2D eigenvalue weighted by molar-refractivity contribution is 14.0. The SMILES string of the molecule is CN=C(NCCCCC(C)C)NCC(C)C(=O)OC.I. The number of esters is 1. The molecule has 20 heavy (non-hydrogen) atoms. The summed E-state index contributed by atoms with van der Waals surface area (Å²) >= 11 is 0. The fourth-order valence-electron chi connectivity index (χ4n) is 1.64. The largest absolute Gasteiger partial charge is 0.469 e. The van der Waals surface area contributed by atoms with Crippen molar-refractivity contribution in [3.05, 3.63) is 0 Å². The van der Waals surface area contributed by atoms with Gasteiger partial charge >= 0.3 is 5.97 Å². The molecule has 0 rings (SSSR count). The minimum atomic E-state index is -0.208. The number of unbranched alkanes of at least 4 members (excludes halogenated alkanes) is 1. The third kappa shape index (κ3) is 11.3. The lowest BCUT2D eigenvalue weighted by Gasteiger charge is -2.14. The molecule has 6 heteroatoms. The van der Waals surface area contributed by atoms with Crippen LogP contribution in [0.4, 0.5) is 0 Å². The number of hydrogen-bond acceptors (Lipinski definition) is 3. The number of nitrogens with one attached hydrogen (secondary N) is 2. The Balaban J connectivity index is 0. The van der Waals surface area contributed by atoms with E-state index in [1.54, 1.807) is 7.05 Å². The van der Waals surface area contributed by atoms with Crippen LogP contribution in [0.1, 0.15) is 40.0 Å². The number of aliphatic imine (C=N–C) groups is 1. The van der Waals surface area contributed by atoms with Gasteiger partial charge in [0.05, 0.1) is 13.0 Å². The second kappa shape index (κ2) is 13.5. The number of guanidine groups is 1. The molecule has 0 radical (unpaired) electrons. The first kappa shape index (κ1) is 21.8. The zero-order chi connectivity index (χ0) is 14.7. The van der Waals surface area contributed by atoms with Crippen LogP contribution in [-0.2, 0) is 9.53 Å². The van der Waals surface area contributed by atoms with E-state index in [4.69, 9.17) is 0 Å². The Hall–Kier alpha value is -0.530. The summed E-state index contributed by atoms with van der Waals surface area (Å²) in [6.07, 6.45) is 3.61. The van der Waals surface area contributed by atoms with Gasteiger partial charge in [-0.05, 0) is 12.3 Å². The van der Waals surface area contributed by atoms with Crippen LogP contribution in [0.15, 0.2) is 4.99 Å². The van der Waals surface area contributed by atoms with E-state index >= 15 is 0 Å². The third-order valence-corrected chi connectivity index (χ3v) is 2.90. The summed E-state index contributed by atoms with van der Waals surface area (Å²) in [5.74, 6) is 1.11. The van der Waals surface area contributed by atoms with Crippen LogP contribution in [0.2, 0.25) is 0 Å². The van der Waals surface area contributed by atoms with Crippen LogP contribution in [0.3, 0.4) is 0 Å². The molecule has 2 N–H and O–H groups in total. The first-order valence-corrected chi connectivity index (χ1v) is 7.03.